The molecule has 0 bridgehead atoms. The van der Waals surface area contributed by atoms with Gasteiger partial charge in [-0.3, -0.25) is 0 Å². The average Bonchev–Trinajstić information content (AvgIpc) is 2.63. The molecule has 2 aromatic rings. The molecule has 0 spiro atoms. The van der Waals surface area contributed by atoms with Crippen LogP contribution in [0.4, 0.5) is 0 Å². The van der Waals surface area contributed by atoms with E-state index >= 15 is 0 Å². The summed E-state index contributed by atoms with van der Waals surface area (Å²) in [5.74, 6) is -0.943. The lowest BCUT2D eigenvalue weighted by molar-refractivity contribution is 0.0701. The van der Waals surface area contributed by atoms with Crippen molar-refractivity contribution in [2.75, 3.05) is 0 Å². The van der Waals surface area contributed by atoms with Crippen molar-refractivity contribution in [2.24, 2.45) is 0 Å². The van der Waals surface area contributed by atoms with E-state index in [1.165, 1.54) is 11.8 Å². The number of hydrogen-bond donors (Lipinski definition) is 1. The van der Waals surface area contributed by atoms with Gasteiger partial charge in [-0.1, -0.05) is 11.3 Å². The average molecular weight is 267 g/mol. The minimum absolute atomic E-state index is 0.271. The summed E-state index contributed by atoms with van der Waals surface area (Å²) < 4.78 is 0.665. The first-order chi connectivity index (χ1) is 8.06. The molecule has 0 aromatic carbocycles. The van der Waals surface area contributed by atoms with Crippen molar-refractivity contribution in [3.05, 3.63) is 28.4 Å². The molecular weight excluding hydrogens is 258 g/mol. The van der Waals surface area contributed by atoms with Gasteiger partial charge in [0.05, 0.1) is 11.4 Å². The van der Waals surface area contributed by atoms with Crippen LogP contribution in [-0.4, -0.2) is 26.3 Å². The predicted octanol–water partition coefficient (Wildman–Crippen LogP) is 2.40. The van der Waals surface area contributed by atoms with Gasteiger partial charge in [-0.25, -0.2) is 9.78 Å². The number of carboxylic acid groups (broad SMARTS) is 1. The molecular formula is C10H9N3O2S2. The van der Waals surface area contributed by atoms with E-state index in [-0.39, 0.29) is 4.88 Å². The van der Waals surface area contributed by atoms with Crippen LogP contribution in [0.5, 0.6) is 0 Å². The van der Waals surface area contributed by atoms with Crippen molar-refractivity contribution < 1.29 is 9.90 Å². The van der Waals surface area contributed by atoms with Crippen LogP contribution in [-0.2, 0) is 0 Å². The molecule has 0 aliphatic rings. The summed E-state index contributed by atoms with van der Waals surface area (Å²) in [6, 6.07) is 3.69. The van der Waals surface area contributed by atoms with Crippen molar-refractivity contribution in [1.82, 2.24) is 15.2 Å². The van der Waals surface area contributed by atoms with Gasteiger partial charge in [0.2, 0.25) is 0 Å². The van der Waals surface area contributed by atoms with Crippen molar-refractivity contribution in [2.45, 2.75) is 23.2 Å². The molecule has 88 valence electrons. The Hall–Kier alpha value is -1.47. The van der Waals surface area contributed by atoms with Crippen LogP contribution < -0.4 is 0 Å². The number of carbonyl (C=O) groups is 1. The molecule has 0 radical (unpaired) electrons. The lowest BCUT2D eigenvalue weighted by atomic mass is 10.4. The fraction of sp³-hybridized carbons (Fsp3) is 0.200. The molecule has 1 N–H and O–H groups in total. The fourth-order valence-corrected chi connectivity index (χ4v) is 3.03. The highest BCUT2D eigenvalue weighted by Crippen LogP contribution is 2.31. The smallest absolute Gasteiger partial charge is 0.347 e. The fourth-order valence-electron chi connectivity index (χ4n) is 1.14. The summed E-state index contributed by atoms with van der Waals surface area (Å²) >= 11 is 2.47. The van der Waals surface area contributed by atoms with Gasteiger partial charge in [0.15, 0.2) is 4.34 Å². The molecule has 0 unspecified atom stereocenters. The summed E-state index contributed by atoms with van der Waals surface area (Å²) in [6.45, 7) is 3.54. The first-order valence-electron chi connectivity index (χ1n) is 4.75. The quantitative estimate of drug-likeness (QED) is 0.920. The number of rotatable bonds is 3. The van der Waals surface area contributed by atoms with Crippen molar-refractivity contribution in [3.63, 3.8) is 0 Å². The highest BCUT2D eigenvalue weighted by molar-refractivity contribution is 8.01. The molecule has 0 saturated heterocycles. The van der Waals surface area contributed by atoms with Gasteiger partial charge in [-0.15, -0.1) is 5.10 Å². The van der Waals surface area contributed by atoms with E-state index in [0.717, 1.165) is 17.0 Å². The maximum Gasteiger partial charge on any atom is 0.347 e. The van der Waals surface area contributed by atoms with Gasteiger partial charge in [0.1, 0.15) is 9.90 Å². The number of thiazole rings is 1. The lowest BCUT2D eigenvalue weighted by Crippen LogP contribution is -1.94. The zero-order chi connectivity index (χ0) is 12.4. The van der Waals surface area contributed by atoms with Crippen LogP contribution >= 0.6 is 23.1 Å². The molecule has 2 rings (SSSR count). The summed E-state index contributed by atoms with van der Waals surface area (Å²) in [5.41, 5.74) is 1.38. The number of aromatic nitrogens is 3. The van der Waals surface area contributed by atoms with E-state index < -0.39 is 5.97 Å². The Morgan fingerprint density at radius 1 is 1.35 bits per heavy atom. The molecule has 0 atom stereocenters. The highest BCUT2D eigenvalue weighted by Gasteiger charge is 2.14. The number of aryl methyl sites for hydroxylation is 2. The Kier molecular flexibility index (Phi) is 3.39. The SMILES string of the molecule is Cc1ccc(Sc2nc(C)c(C(=O)O)s2)nn1. The number of hydrogen-bond acceptors (Lipinski definition) is 6. The molecule has 2 heterocycles. The maximum absolute atomic E-state index is 10.9. The maximum atomic E-state index is 10.9. The second-order valence-corrected chi connectivity index (χ2v) is 5.58. The second kappa shape index (κ2) is 4.80. The van der Waals surface area contributed by atoms with E-state index in [9.17, 15) is 4.79 Å². The second-order valence-electron chi connectivity index (χ2n) is 3.31. The van der Waals surface area contributed by atoms with Gasteiger partial charge in [0, 0.05) is 0 Å². The first-order valence-corrected chi connectivity index (χ1v) is 6.38. The van der Waals surface area contributed by atoms with Crippen molar-refractivity contribution in [3.8, 4) is 0 Å². The molecule has 0 amide bonds. The molecule has 2 aromatic heterocycles. The molecule has 7 heteroatoms. The zero-order valence-corrected chi connectivity index (χ0v) is 10.8. The molecule has 0 aliphatic heterocycles. The monoisotopic (exact) mass is 267 g/mol. The third-order valence-corrected chi connectivity index (χ3v) is 4.07. The van der Waals surface area contributed by atoms with Crippen LogP contribution in [0.25, 0.3) is 0 Å². The van der Waals surface area contributed by atoms with Crippen LogP contribution in [0.2, 0.25) is 0 Å². The van der Waals surface area contributed by atoms with Gasteiger partial charge in [-0.2, -0.15) is 5.10 Å². The van der Waals surface area contributed by atoms with Crippen LogP contribution in [0.1, 0.15) is 21.1 Å². The third kappa shape index (κ3) is 2.80. The van der Waals surface area contributed by atoms with Crippen LogP contribution in [0, 0.1) is 13.8 Å². The predicted molar refractivity (Wildman–Crippen MR) is 64.7 cm³/mol. The van der Waals surface area contributed by atoms with Gasteiger partial charge >= 0.3 is 5.97 Å². The van der Waals surface area contributed by atoms with E-state index in [1.807, 2.05) is 19.1 Å². The molecule has 5 nitrogen and oxygen atoms in total. The topological polar surface area (TPSA) is 76.0 Å². The number of carboxylic acids is 1. The molecule has 0 fully saturated rings. The van der Waals surface area contributed by atoms with E-state index in [2.05, 4.69) is 15.2 Å². The Labute approximate surface area is 106 Å². The standard InChI is InChI=1S/C10H9N3O2S2/c1-5-3-4-7(13-12-5)16-10-11-6(2)8(17-10)9(14)15/h3-4H,1-2H3,(H,14,15). The minimum Gasteiger partial charge on any atom is -0.477 e. The summed E-state index contributed by atoms with van der Waals surface area (Å²) in [7, 11) is 0. The number of nitrogens with zero attached hydrogens (tertiary/aromatic N) is 3. The Balaban J connectivity index is 2.22. The largest absolute Gasteiger partial charge is 0.477 e. The van der Waals surface area contributed by atoms with Crippen molar-refractivity contribution in [1.29, 1.82) is 0 Å². The normalized spacial score (nSPS) is 10.5. The molecule has 17 heavy (non-hydrogen) atoms. The molecule has 0 aliphatic carbocycles. The highest BCUT2D eigenvalue weighted by atomic mass is 32.2. The van der Waals surface area contributed by atoms with E-state index in [0.29, 0.717) is 15.1 Å². The van der Waals surface area contributed by atoms with Gasteiger partial charge in [0.25, 0.3) is 0 Å². The number of aromatic carboxylic acids is 1. The summed E-state index contributed by atoms with van der Waals surface area (Å²) in [6.07, 6.45) is 0. The third-order valence-electron chi connectivity index (χ3n) is 1.94. The van der Waals surface area contributed by atoms with Crippen molar-refractivity contribution >= 4 is 29.1 Å². The minimum atomic E-state index is -0.943. The summed E-state index contributed by atoms with van der Waals surface area (Å²) in [4.78, 5) is 15.3. The Morgan fingerprint density at radius 3 is 2.65 bits per heavy atom. The Bertz CT molecular complexity index is 551. The van der Waals surface area contributed by atoms with E-state index in [1.54, 1.807) is 6.92 Å². The lowest BCUT2D eigenvalue weighted by Gasteiger charge is -1.95. The van der Waals surface area contributed by atoms with Gasteiger partial charge < -0.3 is 5.11 Å². The van der Waals surface area contributed by atoms with E-state index in [4.69, 9.17) is 5.11 Å². The van der Waals surface area contributed by atoms with Gasteiger partial charge in [-0.05, 0) is 37.7 Å². The van der Waals surface area contributed by atoms with Crippen LogP contribution in [0.15, 0.2) is 21.5 Å². The first kappa shape index (κ1) is 12.0. The summed E-state index contributed by atoms with van der Waals surface area (Å²) in [5, 5.41) is 17.5. The van der Waals surface area contributed by atoms with Crippen LogP contribution in [0.3, 0.4) is 0 Å². The zero-order valence-electron chi connectivity index (χ0n) is 9.17. The molecule has 0 saturated carbocycles. The Morgan fingerprint density at radius 2 is 2.12 bits per heavy atom.